The van der Waals surface area contributed by atoms with Crippen LogP contribution in [0.15, 0.2) is 18.2 Å². The third-order valence-electron chi connectivity index (χ3n) is 5.67. The maximum Gasteiger partial charge on any atom is 0.322 e. The number of hydrogen-bond donors (Lipinski definition) is 2. The van der Waals surface area contributed by atoms with Crippen molar-refractivity contribution in [1.82, 2.24) is 10.2 Å². The Hall–Kier alpha value is -2.77. The maximum atomic E-state index is 14.7. The standard InChI is InChI=1S/C21H25FN2O5/c22-16-10-13(6-7-15(16)14-4-2-1-3-5-14)12-24-9-8-17(25)19(21(24)29)20(28)23-11-18(26)27/h6-7,10,14,19H,1-5,8-9,11-12H2,(H,23,28)(H,26,27). The highest BCUT2D eigenvalue weighted by molar-refractivity contribution is 6.19. The number of nitrogens with zero attached hydrogens (tertiary/aromatic N) is 1. The lowest BCUT2D eigenvalue weighted by Gasteiger charge is -2.31. The molecule has 1 saturated carbocycles. The first kappa shape index (κ1) is 21.0. The van der Waals surface area contributed by atoms with Gasteiger partial charge in [-0.25, -0.2) is 4.39 Å². The highest BCUT2D eigenvalue weighted by Gasteiger charge is 2.40. The van der Waals surface area contributed by atoms with Crippen molar-refractivity contribution < 1.29 is 28.7 Å². The van der Waals surface area contributed by atoms with Gasteiger partial charge in [0.2, 0.25) is 11.8 Å². The summed E-state index contributed by atoms with van der Waals surface area (Å²) in [5.41, 5.74) is 1.30. The van der Waals surface area contributed by atoms with Crippen LogP contribution in [0, 0.1) is 11.7 Å². The van der Waals surface area contributed by atoms with Gasteiger partial charge in [0.1, 0.15) is 12.4 Å². The topological polar surface area (TPSA) is 104 Å². The third kappa shape index (κ3) is 4.99. The van der Waals surface area contributed by atoms with Crippen LogP contribution in [0.5, 0.6) is 0 Å². The molecule has 2 fully saturated rings. The highest BCUT2D eigenvalue weighted by Crippen LogP contribution is 2.34. The van der Waals surface area contributed by atoms with E-state index in [1.807, 2.05) is 0 Å². The minimum Gasteiger partial charge on any atom is -0.480 e. The van der Waals surface area contributed by atoms with E-state index in [1.54, 1.807) is 12.1 Å². The van der Waals surface area contributed by atoms with Crippen molar-refractivity contribution in [3.8, 4) is 0 Å². The lowest BCUT2D eigenvalue weighted by Crippen LogP contribution is -2.52. The molecule has 1 aromatic carbocycles. The molecule has 1 aromatic rings. The molecule has 2 amide bonds. The second kappa shape index (κ2) is 9.15. The fourth-order valence-corrected chi connectivity index (χ4v) is 4.13. The van der Waals surface area contributed by atoms with Gasteiger partial charge in [0.15, 0.2) is 11.7 Å². The SMILES string of the molecule is O=C(O)CNC(=O)C1C(=O)CCN(Cc2ccc(C3CCCCC3)c(F)c2)C1=O. The molecule has 1 saturated heterocycles. The van der Waals surface area contributed by atoms with Gasteiger partial charge in [-0.2, -0.15) is 0 Å². The largest absolute Gasteiger partial charge is 0.480 e. The number of ketones is 1. The van der Waals surface area contributed by atoms with Crippen LogP contribution >= 0.6 is 0 Å². The van der Waals surface area contributed by atoms with E-state index >= 15 is 0 Å². The summed E-state index contributed by atoms with van der Waals surface area (Å²) in [5.74, 6) is -4.99. The summed E-state index contributed by atoms with van der Waals surface area (Å²) in [4.78, 5) is 48.7. The van der Waals surface area contributed by atoms with Gasteiger partial charge in [0, 0.05) is 19.5 Å². The molecule has 1 aliphatic heterocycles. The first-order valence-corrected chi connectivity index (χ1v) is 9.96. The van der Waals surface area contributed by atoms with Gasteiger partial charge in [-0.05, 0) is 36.0 Å². The van der Waals surface area contributed by atoms with E-state index in [1.165, 1.54) is 17.4 Å². The Bertz CT molecular complexity index is 819. The Morgan fingerprint density at radius 3 is 2.55 bits per heavy atom. The van der Waals surface area contributed by atoms with Gasteiger partial charge in [-0.3, -0.25) is 19.2 Å². The summed E-state index contributed by atoms with van der Waals surface area (Å²) in [6.07, 6.45) is 5.36. The maximum absolute atomic E-state index is 14.7. The van der Waals surface area contributed by atoms with Gasteiger partial charge in [0.25, 0.3) is 0 Å². The van der Waals surface area contributed by atoms with Gasteiger partial charge < -0.3 is 15.3 Å². The molecule has 0 aromatic heterocycles. The summed E-state index contributed by atoms with van der Waals surface area (Å²) in [5, 5.41) is 10.7. The Labute approximate surface area is 168 Å². The molecule has 1 aliphatic carbocycles. The smallest absolute Gasteiger partial charge is 0.322 e. The molecule has 0 bridgehead atoms. The zero-order valence-electron chi connectivity index (χ0n) is 16.2. The molecule has 0 radical (unpaired) electrons. The molecule has 8 heteroatoms. The van der Waals surface area contributed by atoms with E-state index in [9.17, 15) is 23.6 Å². The highest BCUT2D eigenvalue weighted by atomic mass is 19.1. The number of hydrogen-bond acceptors (Lipinski definition) is 4. The van der Waals surface area contributed by atoms with E-state index in [-0.39, 0.29) is 31.2 Å². The number of carboxylic acid groups (broad SMARTS) is 1. The molecule has 1 atom stereocenters. The number of amides is 2. The van der Waals surface area contributed by atoms with E-state index < -0.39 is 36.0 Å². The van der Waals surface area contributed by atoms with Crippen molar-refractivity contribution in [1.29, 1.82) is 0 Å². The Kier molecular flexibility index (Phi) is 6.61. The van der Waals surface area contributed by atoms with E-state index in [4.69, 9.17) is 5.11 Å². The van der Waals surface area contributed by atoms with Crippen LogP contribution in [-0.2, 0) is 25.7 Å². The average Bonchev–Trinajstić information content (AvgIpc) is 2.69. The molecule has 1 unspecified atom stereocenters. The van der Waals surface area contributed by atoms with Gasteiger partial charge >= 0.3 is 5.97 Å². The van der Waals surface area contributed by atoms with Gasteiger partial charge in [-0.1, -0.05) is 31.4 Å². The summed E-state index contributed by atoms with van der Waals surface area (Å²) in [6.45, 7) is -0.424. The molecule has 1 heterocycles. The van der Waals surface area contributed by atoms with Crippen LogP contribution < -0.4 is 5.32 Å². The molecule has 29 heavy (non-hydrogen) atoms. The number of piperidine rings is 1. The number of aliphatic carboxylic acids is 1. The van der Waals surface area contributed by atoms with E-state index in [0.29, 0.717) is 11.1 Å². The summed E-state index contributed by atoms with van der Waals surface area (Å²) >= 11 is 0. The number of likely N-dealkylation sites (tertiary alicyclic amines) is 1. The number of Topliss-reactive ketones (excluding diaryl/α,β-unsaturated/α-hetero) is 1. The molecular weight excluding hydrogens is 379 g/mol. The van der Waals surface area contributed by atoms with Crippen molar-refractivity contribution in [2.24, 2.45) is 5.92 Å². The first-order valence-electron chi connectivity index (χ1n) is 9.96. The normalized spacial score (nSPS) is 20.6. The molecule has 2 N–H and O–H groups in total. The fourth-order valence-electron chi connectivity index (χ4n) is 4.13. The lowest BCUT2D eigenvalue weighted by atomic mass is 9.83. The molecule has 3 rings (SSSR count). The van der Waals surface area contributed by atoms with Crippen molar-refractivity contribution in [3.05, 3.63) is 35.1 Å². The van der Waals surface area contributed by atoms with E-state index in [0.717, 1.165) is 25.7 Å². The number of benzene rings is 1. The van der Waals surface area contributed by atoms with Crippen LogP contribution in [0.25, 0.3) is 0 Å². The second-order valence-electron chi connectivity index (χ2n) is 7.71. The van der Waals surface area contributed by atoms with Crippen molar-refractivity contribution in [2.75, 3.05) is 13.1 Å². The molecule has 2 aliphatic rings. The number of nitrogens with one attached hydrogen (secondary N) is 1. The quantitative estimate of drug-likeness (QED) is 0.706. The van der Waals surface area contributed by atoms with Crippen LogP contribution in [-0.4, -0.2) is 46.7 Å². The zero-order valence-corrected chi connectivity index (χ0v) is 16.2. The second-order valence-corrected chi connectivity index (χ2v) is 7.71. The summed E-state index contributed by atoms with van der Waals surface area (Å²) in [6, 6.07) is 4.99. The first-order chi connectivity index (χ1) is 13.9. The number of carbonyl (C=O) groups is 4. The van der Waals surface area contributed by atoms with Gasteiger partial charge in [0.05, 0.1) is 0 Å². The monoisotopic (exact) mass is 404 g/mol. The molecule has 156 valence electrons. The van der Waals surface area contributed by atoms with Crippen molar-refractivity contribution in [3.63, 3.8) is 0 Å². The molecular formula is C21H25FN2O5. The molecule has 0 spiro atoms. The fraction of sp³-hybridized carbons (Fsp3) is 0.524. The number of carboxylic acids is 1. The van der Waals surface area contributed by atoms with Crippen LogP contribution in [0.4, 0.5) is 4.39 Å². The zero-order chi connectivity index (χ0) is 21.0. The van der Waals surface area contributed by atoms with Crippen molar-refractivity contribution in [2.45, 2.75) is 51.0 Å². The van der Waals surface area contributed by atoms with Crippen LogP contribution in [0.3, 0.4) is 0 Å². The number of halogens is 1. The van der Waals surface area contributed by atoms with Crippen LogP contribution in [0.1, 0.15) is 55.6 Å². The summed E-state index contributed by atoms with van der Waals surface area (Å²) in [7, 11) is 0. The number of carbonyl (C=O) groups excluding carboxylic acids is 3. The van der Waals surface area contributed by atoms with Gasteiger partial charge in [-0.15, -0.1) is 0 Å². The Morgan fingerprint density at radius 1 is 1.17 bits per heavy atom. The van der Waals surface area contributed by atoms with Crippen LogP contribution in [0.2, 0.25) is 0 Å². The Balaban J connectivity index is 1.68. The minimum absolute atomic E-state index is 0.000458. The third-order valence-corrected chi connectivity index (χ3v) is 5.67. The predicted octanol–water partition coefficient (Wildman–Crippen LogP) is 1.99. The Morgan fingerprint density at radius 2 is 1.90 bits per heavy atom. The lowest BCUT2D eigenvalue weighted by molar-refractivity contribution is -0.152. The molecule has 7 nitrogen and oxygen atoms in total. The van der Waals surface area contributed by atoms with E-state index in [2.05, 4.69) is 5.32 Å². The minimum atomic E-state index is -1.55. The average molecular weight is 404 g/mol. The predicted molar refractivity (Wildman–Crippen MR) is 101 cm³/mol. The summed E-state index contributed by atoms with van der Waals surface area (Å²) < 4.78 is 14.7. The number of rotatable bonds is 6. The van der Waals surface area contributed by atoms with Crippen molar-refractivity contribution >= 4 is 23.6 Å².